The number of likely N-dealkylation sites (tertiary alicyclic amines) is 1. The van der Waals surface area contributed by atoms with Gasteiger partial charge >= 0.3 is 0 Å². The number of ether oxygens (including phenoxy) is 2. The molecular weight excluding hydrogens is 405 g/mol. The van der Waals surface area contributed by atoms with Gasteiger partial charge in [0.15, 0.2) is 11.5 Å². The second kappa shape index (κ2) is 9.12. The first-order valence-electron chi connectivity index (χ1n) is 8.68. The third-order valence-electron chi connectivity index (χ3n) is 4.31. The van der Waals surface area contributed by atoms with E-state index in [2.05, 4.69) is 10.3 Å². The van der Waals surface area contributed by atoms with E-state index in [4.69, 9.17) is 32.7 Å². The Bertz CT molecular complexity index is 871. The quantitative estimate of drug-likeness (QED) is 0.734. The Hall–Kier alpha value is -2.51. The molecule has 7 nitrogen and oxygen atoms in total. The van der Waals surface area contributed by atoms with E-state index in [0.717, 1.165) is 13.0 Å². The maximum atomic E-state index is 12.6. The topological polar surface area (TPSA) is 80.8 Å². The van der Waals surface area contributed by atoms with Crippen LogP contribution in [-0.4, -0.2) is 48.5 Å². The Morgan fingerprint density at radius 2 is 2.00 bits per heavy atom. The van der Waals surface area contributed by atoms with Gasteiger partial charge in [-0.3, -0.25) is 14.6 Å². The maximum Gasteiger partial charge on any atom is 0.255 e. The van der Waals surface area contributed by atoms with Gasteiger partial charge in [-0.05, 0) is 24.6 Å². The van der Waals surface area contributed by atoms with Crippen molar-refractivity contribution in [3.63, 3.8) is 0 Å². The lowest BCUT2D eigenvalue weighted by molar-refractivity contribution is -0.128. The normalized spacial score (nSPS) is 13.5. The van der Waals surface area contributed by atoms with Crippen LogP contribution in [-0.2, 0) is 4.79 Å². The minimum Gasteiger partial charge on any atom is -0.493 e. The van der Waals surface area contributed by atoms with Crippen molar-refractivity contribution < 1.29 is 19.1 Å². The molecule has 1 aromatic heterocycles. The zero-order valence-electron chi connectivity index (χ0n) is 15.2. The molecule has 2 aromatic rings. The number of rotatable bonds is 7. The second-order valence-electron chi connectivity index (χ2n) is 6.13. The van der Waals surface area contributed by atoms with Gasteiger partial charge in [-0.1, -0.05) is 23.2 Å². The van der Waals surface area contributed by atoms with E-state index in [1.54, 1.807) is 23.1 Å². The zero-order chi connectivity index (χ0) is 20.1. The predicted octanol–water partition coefficient (Wildman–Crippen LogP) is 3.65. The molecule has 3 rings (SSSR count). The Balaban J connectivity index is 1.70. The van der Waals surface area contributed by atoms with E-state index in [9.17, 15) is 9.59 Å². The highest BCUT2D eigenvalue weighted by Crippen LogP contribution is 2.31. The van der Waals surface area contributed by atoms with Crippen molar-refractivity contribution in [3.8, 4) is 11.5 Å². The fourth-order valence-corrected chi connectivity index (χ4v) is 3.31. The second-order valence-corrected chi connectivity index (χ2v) is 6.95. The van der Waals surface area contributed by atoms with Crippen LogP contribution in [0.4, 0.5) is 5.69 Å². The first kappa shape index (κ1) is 20.2. The van der Waals surface area contributed by atoms with Gasteiger partial charge in [0.1, 0.15) is 6.61 Å². The van der Waals surface area contributed by atoms with Crippen molar-refractivity contribution >= 4 is 40.7 Å². The minimum atomic E-state index is -0.405. The molecule has 2 amide bonds. The highest BCUT2D eigenvalue weighted by atomic mass is 35.5. The number of anilines is 1. The van der Waals surface area contributed by atoms with E-state index in [-0.39, 0.29) is 21.6 Å². The van der Waals surface area contributed by atoms with Crippen LogP contribution in [0.3, 0.4) is 0 Å². The number of aromatic nitrogens is 1. The Morgan fingerprint density at radius 3 is 2.64 bits per heavy atom. The third kappa shape index (κ3) is 4.66. The molecule has 0 spiro atoms. The van der Waals surface area contributed by atoms with E-state index in [0.29, 0.717) is 36.6 Å². The number of nitrogens with one attached hydrogen (secondary N) is 1. The average Bonchev–Trinajstić information content (AvgIpc) is 3.09. The van der Waals surface area contributed by atoms with Crippen LogP contribution in [0.15, 0.2) is 30.6 Å². The van der Waals surface area contributed by atoms with E-state index in [1.807, 2.05) is 0 Å². The Kier molecular flexibility index (Phi) is 6.59. The standard InChI is InChI=1S/C19H19Cl2N3O4/c1-27-15-5-4-12(19(26)23-18-13(20)10-22-11-14(18)21)9-16(15)28-8-7-24-6-2-3-17(24)25/h4-5,9-11H,2-3,6-8H2,1H3,(H,22,23,26). The highest BCUT2D eigenvalue weighted by molar-refractivity contribution is 6.39. The number of hydrogen-bond donors (Lipinski definition) is 1. The molecule has 9 heteroatoms. The molecule has 0 unspecified atom stereocenters. The van der Waals surface area contributed by atoms with Crippen molar-refractivity contribution in [3.05, 3.63) is 46.2 Å². The summed E-state index contributed by atoms with van der Waals surface area (Å²) in [4.78, 5) is 29.9. The van der Waals surface area contributed by atoms with Crippen LogP contribution in [0.2, 0.25) is 10.0 Å². The van der Waals surface area contributed by atoms with Gasteiger partial charge < -0.3 is 19.7 Å². The van der Waals surface area contributed by atoms with Crippen LogP contribution >= 0.6 is 23.2 Å². The number of amides is 2. The largest absolute Gasteiger partial charge is 0.493 e. The molecular formula is C19H19Cl2N3O4. The number of carbonyl (C=O) groups is 2. The zero-order valence-corrected chi connectivity index (χ0v) is 16.7. The average molecular weight is 424 g/mol. The summed E-state index contributed by atoms with van der Waals surface area (Å²) in [6.07, 6.45) is 4.24. The first-order chi connectivity index (χ1) is 13.5. The van der Waals surface area contributed by atoms with Gasteiger partial charge in [0.05, 0.1) is 29.4 Å². The maximum absolute atomic E-state index is 12.6. The van der Waals surface area contributed by atoms with Gasteiger partial charge in [0.2, 0.25) is 5.91 Å². The molecule has 0 bridgehead atoms. The third-order valence-corrected chi connectivity index (χ3v) is 4.88. The molecule has 1 fully saturated rings. The molecule has 0 saturated carbocycles. The Morgan fingerprint density at radius 1 is 1.25 bits per heavy atom. The Labute approximate surface area is 172 Å². The molecule has 28 heavy (non-hydrogen) atoms. The molecule has 0 atom stereocenters. The van der Waals surface area contributed by atoms with Gasteiger partial charge in [0.25, 0.3) is 5.91 Å². The molecule has 1 N–H and O–H groups in total. The molecule has 1 aliphatic heterocycles. The molecule has 1 aliphatic rings. The lowest BCUT2D eigenvalue weighted by Crippen LogP contribution is -2.29. The summed E-state index contributed by atoms with van der Waals surface area (Å²) in [5.74, 6) is 0.630. The van der Waals surface area contributed by atoms with E-state index in [1.165, 1.54) is 19.5 Å². The summed E-state index contributed by atoms with van der Waals surface area (Å²) in [6, 6.07) is 4.82. The fourth-order valence-electron chi connectivity index (χ4n) is 2.85. The molecule has 148 valence electrons. The van der Waals surface area contributed by atoms with Crippen LogP contribution in [0.25, 0.3) is 0 Å². The van der Waals surface area contributed by atoms with Crippen molar-refractivity contribution in [1.82, 2.24) is 9.88 Å². The molecule has 0 radical (unpaired) electrons. The lowest BCUT2D eigenvalue weighted by atomic mass is 10.2. The summed E-state index contributed by atoms with van der Waals surface area (Å²) in [5, 5.41) is 3.15. The van der Waals surface area contributed by atoms with Crippen LogP contribution in [0.5, 0.6) is 11.5 Å². The van der Waals surface area contributed by atoms with Crippen molar-refractivity contribution in [1.29, 1.82) is 0 Å². The molecule has 2 heterocycles. The number of pyridine rings is 1. The highest BCUT2D eigenvalue weighted by Gasteiger charge is 2.20. The number of carbonyl (C=O) groups excluding carboxylic acids is 2. The molecule has 1 saturated heterocycles. The smallest absolute Gasteiger partial charge is 0.255 e. The van der Waals surface area contributed by atoms with Gasteiger partial charge in [-0.2, -0.15) is 0 Å². The summed E-state index contributed by atoms with van der Waals surface area (Å²) in [6.45, 7) is 1.53. The summed E-state index contributed by atoms with van der Waals surface area (Å²) >= 11 is 12.1. The van der Waals surface area contributed by atoms with Crippen molar-refractivity contribution in [2.75, 3.05) is 32.1 Å². The van der Waals surface area contributed by atoms with E-state index >= 15 is 0 Å². The monoisotopic (exact) mass is 423 g/mol. The summed E-state index contributed by atoms with van der Waals surface area (Å²) in [5.41, 5.74) is 0.631. The number of methoxy groups -OCH3 is 1. The van der Waals surface area contributed by atoms with Gasteiger partial charge in [-0.25, -0.2) is 0 Å². The van der Waals surface area contributed by atoms with Crippen LogP contribution < -0.4 is 14.8 Å². The van der Waals surface area contributed by atoms with Crippen LogP contribution in [0.1, 0.15) is 23.2 Å². The van der Waals surface area contributed by atoms with Crippen molar-refractivity contribution in [2.24, 2.45) is 0 Å². The molecule has 0 aliphatic carbocycles. The summed E-state index contributed by atoms with van der Waals surface area (Å²) in [7, 11) is 1.52. The van der Waals surface area contributed by atoms with Crippen LogP contribution in [0, 0.1) is 0 Å². The predicted molar refractivity (Wildman–Crippen MR) is 107 cm³/mol. The summed E-state index contributed by atoms with van der Waals surface area (Å²) < 4.78 is 11.1. The first-order valence-corrected chi connectivity index (χ1v) is 9.44. The fraction of sp³-hybridized carbons (Fsp3) is 0.316. The van der Waals surface area contributed by atoms with Gasteiger partial charge in [0, 0.05) is 30.9 Å². The van der Waals surface area contributed by atoms with Crippen molar-refractivity contribution in [2.45, 2.75) is 12.8 Å². The minimum absolute atomic E-state index is 0.134. The number of hydrogen-bond acceptors (Lipinski definition) is 5. The molecule has 1 aromatic carbocycles. The van der Waals surface area contributed by atoms with E-state index < -0.39 is 5.91 Å². The number of benzene rings is 1. The van der Waals surface area contributed by atoms with Gasteiger partial charge in [-0.15, -0.1) is 0 Å². The SMILES string of the molecule is COc1ccc(C(=O)Nc2c(Cl)cncc2Cl)cc1OCCN1CCCC1=O. The number of nitrogens with zero attached hydrogens (tertiary/aromatic N) is 2. The lowest BCUT2D eigenvalue weighted by Gasteiger charge is -2.17. The number of halogens is 2.